The molecule has 0 aliphatic carbocycles. The Kier molecular flexibility index (Phi) is 7.02. The lowest BCUT2D eigenvalue weighted by Crippen LogP contribution is -2.39. The van der Waals surface area contributed by atoms with Gasteiger partial charge in [0.05, 0.1) is 24.7 Å². The number of amides is 1. The minimum atomic E-state index is -2.89. The number of ether oxygens (including phenoxy) is 1. The van der Waals surface area contributed by atoms with E-state index in [0.717, 1.165) is 44.1 Å². The molecule has 166 valence electrons. The predicted molar refractivity (Wildman–Crippen MR) is 121 cm³/mol. The zero-order valence-electron chi connectivity index (χ0n) is 17.6. The highest BCUT2D eigenvalue weighted by Gasteiger charge is 2.21. The van der Waals surface area contributed by atoms with Crippen molar-refractivity contribution in [2.75, 3.05) is 56.2 Å². The van der Waals surface area contributed by atoms with E-state index in [9.17, 15) is 13.2 Å². The molecule has 8 heteroatoms. The molecule has 0 atom stereocenters. The molecule has 2 fully saturated rings. The number of hydrogen-bond acceptors (Lipinski definition) is 6. The molecule has 1 N–H and O–H groups in total. The van der Waals surface area contributed by atoms with Gasteiger partial charge in [0.2, 0.25) is 0 Å². The van der Waals surface area contributed by atoms with E-state index >= 15 is 0 Å². The number of morpholine rings is 1. The van der Waals surface area contributed by atoms with Crippen molar-refractivity contribution in [3.8, 4) is 0 Å². The minimum absolute atomic E-state index is 0.149. The molecule has 4 rings (SSSR count). The highest BCUT2D eigenvalue weighted by atomic mass is 32.2. The van der Waals surface area contributed by atoms with E-state index in [0.29, 0.717) is 25.2 Å². The maximum absolute atomic E-state index is 12.7. The van der Waals surface area contributed by atoms with E-state index in [2.05, 4.69) is 15.1 Å². The topological polar surface area (TPSA) is 79.0 Å². The lowest BCUT2D eigenvalue weighted by Gasteiger charge is -2.26. The highest BCUT2D eigenvalue weighted by Crippen LogP contribution is 2.16. The van der Waals surface area contributed by atoms with Crippen molar-refractivity contribution in [2.24, 2.45) is 0 Å². The van der Waals surface area contributed by atoms with Gasteiger partial charge in [-0.3, -0.25) is 14.6 Å². The van der Waals surface area contributed by atoms with Crippen LogP contribution in [0.1, 0.15) is 21.5 Å². The summed E-state index contributed by atoms with van der Waals surface area (Å²) in [4.78, 5) is 17.2. The van der Waals surface area contributed by atoms with Crippen LogP contribution in [-0.2, 0) is 27.7 Å². The van der Waals surface area contributed by atoms with E-state index in [-0.39, 0.29) is 17.4 Å². The second-order valence-corrected chi connectivity index (χ2v) is 10.5. The van der Waals surface area contributed by atoms with Gasteiger partial charge in [-0.2, -0.15) is 0 Å². The first-order valence-electron chi connectivity index (χ1n) is 10.7. The molecule has 2 saturated heterocycles. The van der Waals surface area contributed by atoms with Crippen LogP contribution >= 0.6 is 0 Å². The molecule has 0 aromatic heterocycles. The van der Waals surface area contributed by atoms with E-state index < -0.39 is 9.84 Å². The summed E-state index contributed by atoms with van der Waals surface area (Å²) in [5.41, 5.74) is 3.58. The van der Waals surface area contributed by atoms with Crippen LogP contribution in [0.15, 0.2) is 48.5 Å². The Morgan fingerprint density at radius 1 is 0.871 bits per heavy atom. The van der Waals surface area contributed by atoms with Crippen molar-refractivity contribution < 1.29 is 17.9 Å². The Morgan fingerprint density at radius 3 is 2.23 bits per heavy atom. The number of nitrogens with one attached hydrogen (secondary N) is 1. The molecular weight excluding hydrogens is 414 g/mol. The first-order chi connectivity index (χ1) is 15.0. The summed E-state index contributed by atoms with van der Waals surface area (Å²) in [5.74, 6) is 0.257. The summed E-state index contributed by atoms with van der Waals surface area (Å²) in [6.07, 6.45) is 0. The van der Waals surface area contributed by atoms with E-state index in [4.69, 9.17) is 4.74 Å². The molecule has 0 radical (unpaired) electrons. The fourth-order valence-corrected chi connectivity index (χ4v) is 5.17. The molecule has 31 heavy (non-hydrogen) atoms. The third kappa shape index (κ3) is 6.36. The molecule has 2 aromatic rings. The summed E-state index contributed by atoms with van der Waals surface area (Å²) < 4.78 is 28.6. The molecule has 2 heterocycles. The first kappa shape index (κ1) is 22.0. The highest BCUT2D eigenvalue weighted by molar-refractivity contribution is 7.91. The van der Waals surface area contributed by atoms with Crippen molar-refractivity contribution in [1.29, 1.82) is 0 Å². The summed E-state index contributed by atoms with van der Waals surface area (Å²) in [7, 11) is -2.89. The van der Waals surface area contributed by atoms with Crippen molar-refractivity contribution in [2.45, 2.75) is 13.1 Å². The first-order valence-corrected chi connectivity index (χ1v) is 12.5. The van der Waals surface area contributed by atoms with Crippen LogP contribution in [0.5, 0.6) is 0 Å². The van der Waals surface area contributed by atoms with Crippen LogP contribution < -0.4 is 5.32 Å². The van der Waals surface area contributed by atoms with Crippen LogP contribution in [0.25, 0.3) is 0 Å². The van der Waals surface area contributed by atoms with Gasteiger partial charge in [-0.1, -0.05) is 24.3 Å². The monoisotopic (exact) mass is 443 g/mol. The number of anilines is 1. The number of benzene rings is 2. The van der Waals surface area contributed by atoms with Crippen LogP contribution in [0.2, 0.25) is 0 Å². The molecule has 1 amide bonds. The third-order valence-electron chi connectivity index (χ3n) is 5.75. The average molecular weight is 444 g/mol. The van der Waals surface area contributed by atoms with Gasteiger partial charge >= 0.3 is 0 Å². The van der Waals surface area contributed by atoms with Gasteiger partial charge in [-0.25, -0.2) is 8.42 Å². The summed E-state index contributed by atoms with van der Waals surface area (Å²) in [6, 6.07) is 15.5. The fraction of sp³-hybridized carbons (Fsp3) is 0.435. The lowest BCUT2D eigenvalue weighted by atomic mass is 10.1. The summed E-state index contributed by atoms with van der Waals surface area (Å²) in [5, 5.41) is 2.97. The van der Waals surface area contributed by atoms with Crippen LogP contribution in [0.4, 0.5) is 5.69 Å². The number of sulfone groups is 1. The van der Waals surface area contributed by atoms with Crippen molar-refractivity contribution in [3.05, 3.63) is 65.2 Å². The van der Waals surface area contributed by atoms with Gasteiger partial charge in [0.1, 0.15) is 0 Å². The molecule has 0 unspecified atom stereocenters. The molecular formula is C23H29N3O4S. The van der Waals surface area contributed by atoms with Crippen LogP contribution in [0.3, 0.4) is 0 Å². The van der Waals surface area contributed by atoms with Crippen molar-refractivity contribution in [3.63, 3.8) is 0 Å². The summed E-state index contributed by atoms with van der Waals surface area (Å²) >= 11 is 0. The number of hydrogen-bond donors (Lipinski definition) is 1. The second kappa shape index (κ2) is 9.91. The number of carbonyl (C=O) groups excluding carboxylic acids is 1. The quantitative estimate of drug-likeness (QED) is 0.736. The number of rotatable bonds is 6. The Labute approximate surface area is 183 Å². The molecule has 2 aromatic carbocycles. The third-order valence-corrected chi connectivity index (χ3v) is 7.36. The van der Waals surface area contributed by atoms with E-state index in [1.54, 1.807) is 6.07 Å². The smallest absolute Gasteiger partial charge is 0.255 e. The molecule has 2 aliphatic rings. The van der Waals surface area contributed by atoms with Crippen LogP contribution in [0, 0.1) is 0 Å². The predicted octanol–water partition coefficient (Wildman–Crippen LogP) is 2.00. The van der Waals surface area contributed by atoms with Gasteiger partial charge in [0, 0.05) is 50.5 Å². The van der Waals surface area contributed by atoms with Gasteiger partial charge in [0.15, 0.2) is 9.84 Å². The zero-order chi connectivity index (χ0) is 21.7. The Bertz CT molecular complexity index is 988. The number of nitrogens with zero attached hydrogens (tertiary/aromatic N) is 2. The summed E-state index contributed by atoms with van der Waals surface area (Å²) in [6.45, 7) is 6.06. The maximum atomic E-state index is 12.7. The van der Waals surface area contributed by atoms with E-state index in [1.165, 1.54) is 5.56 Å². The molecule has 2 aliphatic heterocycles. The molecule has 0 saturated carbocycles. The van der Waals surface area contributed by atoms with Gasteiger partial charge < -0.3 is 10.1 Å². The van der Waals surface area contributed by atoms with Gasteiger partial charge in [-0.05, 0) is 35.4 Å². The van der Waals surface area contributed by atoms with E-state index in [1.807, 2.05) is 42.5 Å². The van der Waals surface area contributed by atoms with Gasteiger partial charge in [-0.15, -0.1) is 0 Å². The Balaban J connectivity index is 1.32. The zero-order valence-corrected chi connectivity index (χ0v) is 18.4. The standard InChI is InChI=1S/C23H29N3O4S/c27-23(24-22-6-4-19(5-7-22)17-25-8-12-30-13-9-25)21-3-1-2-20(16-21)18-26-10-14-31(28,29)15-11-26/h1-7,16H,8-15,17-18H2,(H,24,27). The maximum Gasteiger partial charge on any atom is 0.255 e. The van der Waals surface area contributed by atoms with Crippen molar-refractivity contribution in [1.82, 2.24) is 9.80 Å². The Morgan fingerprint density at radius 2 is 1.52 bits per heavy atom. The second-order valence-electron chi connectivity index (χ2n) is 8.17. The van der Waals surface area contributed by atoms with Crippen LogP contribution in [-0.4, -0.2) is 75.0 Å². The molecule has 0 spiro atoms. The SMILES string of the molecule is O=C(Nc1ccc(CN2CCOCC2)cc1)c1cccc(CN2CCS(=O)(=O)CC2)c1. The molecule has 0 bridgehead atoms. The van der Waals surface area contributed by atoms with Crippen molar-refractivity contribution >= 4 is 21.4 Å². The normalized spacial score (nSPS) is 19.7. The number of carbonyl (C=O) groups is 1. The Hall–Kier alpha value is -2.26. The minimum Gasteiger partial charge on any atom is -0.379 e. The lowest BCUT2D eigenvalue weighted by molar-refractivity contribution is 0.0342. The largest absolute Gasteiger partial charge is 0.379 e. The fourth-order valence-electron chi connectivity index (χ4n) is 3.89. The van der Waals surface area contributed by atoms with Gasteiger partial charge in [0.25, 0.3) is 5.91 Å². The average Bonchev–Trinajstić information content (AvgIpc) is 2.77. The molecule has 7 nitrogen and oxygen atoms in total.